The molecule has 3 aromatic rings. The zero-order valence-electron chi connectivity index (χ0n) is 21.8. The Morgan fingerprint density at radius 2 is 1.74 bits per heavy atom. The van der Waals surface area contributed by atoms with Crippen LogP contribution in [-0.4, -0.2) is 67.5 Å². The maximum absolute atomic E-state index is 13.1. The number of rotatable bonds is 5. The number of hydrogen-bond acceptors (Lipinski definition) is 5. The van der Waals surface area contributed by atoms with E-state index in [9.17, 15) is 22.8 Å². The first kappa shape index (κ1) is 26.6. The van der Waals surface area contributed by atoms with Crippen molar-refractivity contribution in [1.29, 1.82) is 0 Å². The molecule has 0 aromatic carbocycles. The maximum Gasteiger partial charge on any atom is 0.417 e. The van der Waals surface area contributed by atoms with Gasteiger partial charge in [-0.25, -0.2) is 14.5 Å². The molecule has 2 amide bonds. The van der Waals surface area contributed by atoms with Crippen LogP contribution in [0.4, 0.5) is 18.0 Å². The molecule has 2 aliphatic rings. The molecule has 2 aliphatic heterocycles. The molecule has 5 heterocycles. The van der Waals surface area contributed by atoms with Gasteiger partial charge in [-0.05, 0) is 61.9 Å². The Bertz CT molecular complexity index is 1420. The molecule has 0 unspecified atom stereocenters. The Hall–Kier alpha value is -4.02. The topological polar surface area (TPSA) is 84.2 Å². The van der Waals surface area contributed by atoms with Gasteiger partial charge in [0.05, 0.1) is 28.7 Å². The standard InChI is InChI=1S/C28H29F3N6O2/c1-18-13-20(15-33-26(18)21-7-11-36(12-8-21)27(39)35-9-3-4-10-35)14-24(38)23-17-34-37(19(23)2)25-6-5-22(16-32-25)28(29,30)31/h5-7,13,15-17H,3-4,8-12,14H2,1-2H3. The number of halogens is 3. The number of urea groups is 1. The number of aromatic nitrogens is 4. The average Bonchev–Trinajstić information content (AvgIpc) is 3.58. The second kappa shape index (κ2) is 10.6. The molecule has 0 bridgehead atoms. The highest BCUT2D eigenvalue weighted by atomic mass is 19.4. The number of amides is 2. The minimum atomic E-state index is -4.48. The van der Waals surface area contributed by atoms with Crippen molar-refractivity contribution in [3.63, 3.8) is 0 Å². The van der Waals surface area contributed by atoms with Crippen LogP contribution >= 0.6 is 0 Å². The number of alkyl halides is 3. The van der Waals surface area contributed by atoms with Gasteiger partial charge >= 0.3 is 12.2 Å². The predicted octanol–water partition coefficient (Wildman–Crippen LogP) is 5.03. The molecule has 204 valence electrons. The molecule has 5 rings (SSSR count). The molecular weight excluding hydrogens is 509 g/mol. The number of aryl methyl sites for hydroxylation is 1. The quantitative estimate of drug-likeness (QED) is 0.426. The smallest absolute Gasteiger partial charge is 0.325 e. The van der Waals surface area contributed by atoms with Crippen molar-refractivity contribution in [3.8, 4) is 5.82 Å². The molecular formula is C28H29F3N6O2. The lowest BCUT2D eigenvalue weighted by atomic mass is 9.98. The van der Waals surface area contributed by atoms with E-state index in [2.05, 4.69) is 21.1 Å². The van der Waals surface area contributed by atoms with Crippen molar-refractivity contribution in [2.24, 2.45) is 0 Å². The van der Waals surface area contributed by atoms with Gasteiger partial charge in [-0.1, -0.05) is 12.1 Å². The highest BCUT2D eigenvalue weighted by Gasteiger charge is 2.31. The van der Waals surface area contributed by atoms with Crippen molar-refractivity contribution in [2.45, 2.75) is 45.7 Å². The van der Waals surface area contributed by atoms with Gasteiger partial charge in [-0.15, -0.1) is 0 Å². The Kier molecular flexibility index (Phi) is 7.24. The third-order valence-corrected chi connectivity index (χ3v) is 7.26. The third-order valence-electron chi connectivity index (χ3n) is 7.26. The van der Waals surface area contributed by atoms with Crippen LogP contribution in [-0.2, 0) is 12.6 Å². The van der Waals surface area contributed by atoms with Crippen LogP contribution in [0, 0.1) is 13.8 Å². The summed E-state index contributed by atoms with van der Waals surface area (Å²) in [5.74, 6) is 0.0235. The monoisotopic (exact) mass is 538 g/mol. The Balaban J connectivity index is 1.25. The van der Waals surface area contributed by atoms with Crippen LogP contribution in [0.25, 0.3) is 11.4 Å². The summed E-state index contributed by atoms with van der Waals surface area (Å²) in [5.41, 5.74) is 3.69. The molecule has 8 nitrogen and oxygen atoms in total. The van der Waals surface area contributed by atoms with Gasteiger partial charge in [0.1, 0.15) is 0 Å². The zero-order valence-corrected chi connectivity index (χ0v) is 21.8. The van der Waals surface area contributed by atoms with E-state index in [4.69, 9.17) is 0 Å². The van der Waals surface area contributed by atoms with Gasteiger partial charge in [0.15, 0.2) is 11.6 Å². The first-order valence-electron chi connectivity index (χ1n) is 12.9. The molecule has 0 aliphatic carbocycles. The second-order valence-electron chi connectivity index (χ2n) is 9.97. The van der Waals surface area contributed by atoms with E-state index in [0.717, 1.165) is 67.0 Å². The number of ketones is 1. The number of pyridine rings is 2. The summed E-state index contributed by atoms with van der Waals surface area (Å²) in [6, 6.07) is 4.21. The fraction of sp³-hybridized carbons (Fsp3) is 0.393. The van der Waals surface area contributed by atoms with Crippen molar-refractivity contribution in [1.82, 2.24) is 29.5 Å². The molecule has 1 fully saturated rings. The minimum absolute atomic E-state index is 0.106. The molecule has 39 heavy (non-hydrogen) atoms. The van der Waals surface area contributed by atoms with E-state index in [1.165, 1.54) is 16.9 Å². The van der Waals surface area contributed by atoms with E-state index >= 15 is 0 Å². The average molecular weight is 539 g/mol. The van der Waals surface area contributed by atoms with Crippen molar-refractivity contribution in [2.75, 3.05) is 26.2 Å². The molecule has 1 saturated heterocycles. The van der Waals surface area contributed by atoms with E-state index in [1.54, 1.807) is 13.1 Å². The summed E-state index contributed by atoms with van der Waals surface area (Å²) in [6.45, 7) is 6.51. The third kappa shape index (κ3) is 5.57. The number of carbonyl (C=O) groups is 2. The fourth-order valence-corrected chi connectivity index (χ4v) is 5.11. The summed E-state index contributed by atoms with van der Waals surface area (Å²) in [6.07, 6.45) is 4.40. The van der Waals surface area contributed by atoms with Gasteiger partial charge in [0, 0.05) is 45.0 Å². The summed E-state index contributed by atoms with van der Waals surface area (Å²) < 4.78 is 39.9. The summed E-state index contributed by atoms with van der Waals surface area (Å²) in [5, 5.41) is 4.17. The first-order chi connectivity index (χ1) is 18.6. The van der Waals surface area contributed by atoms with E-state index in [1.807, 2.05) is 22.8 Å². The van der Waals surface area contributed by atoms with E-state index in [-0.39, 0.29) is 24.1 Å². The SMILES string of the molecule is Cc1cc(CC(=O)c2cnn(-c3ccc(C(F)(F)F)cn3)c2C)cnc1C1=CCN(C(=O)N2CCCC2)CC1. The molecule has 3 aromatic heterocycles. The number of nitrogens with zero attached hydrogens (tertiary/aromatic N) is 6. The van der Waals surface area contributed by atoms with E-state index in [0.29, 0.717) is 24.3 Å². The van der Waals surface area contributed by atoms with Crippen LogP contribution in [0.2, 0.25) is 0 Å². The highest BCUT2D eigenvalue weighted by molar-refractivity contribution is 5.98. The summed E-state index contributed by atoms with van der Waals surface area (Å²) in [4.78, 5) is 38.0. The summed E-state index contributed by atoms with van der Waals surface area (Å²) in [7, 11) is 0. The predicted molar refractivity (Wildman–Crippen MR) is 138 cm³/mol. The molecule has 0 spiro atoms. The van der Waals surface area contributed by atoms with Crippen molar-refractivity contribution in [3.05, 3.63) is 76.5 Å². The minimum Gasteiger partial charge on any atom is -0.325 e. The van der Waals surface area contributed by atoms with E-state index < -0.39 is 11.7 Å². The van der Waals surface area contributed by atoms with Crippen LogP contribution < -0.4 is 0 Å². The molecule has 0 saturated carbocycles. The fourth-order valence-electron chi connectivity index (χ4n) is 5.11. The van der Waals surface area contributed by atoms with Gasteiger partial charge in [-0.2, -0.15) is 18.3 Å². The lowest BCUT2D eigenvalue weighted by Gasteiger charge is -2.30. The lowest BCUT2D eigenvalue weighted by molar-refractivity contribution is -0.137. The molecule has 0 radical (unpaired) electrons. The summed E-state index contributed by atoms with van der Waals surface area (Å²) >= 11 is 0. The van der Waals surface area contributed by atoms with Crippen molar-refractivity contribution < 1.29 is 22.8 Å². The Morgan fingerprint density at radius 1 is 0.974 bits per heavy atom. The molecule has 0 atom stereocenters. The number of likely N-dealkylation sites (tertiary alicyclic amines) is 1. The van der Waals surface area contributed by atoms with Gasteiger partial charge in [0.2, 0.25) is 0 Å². The highest BCUT2D eigenvalue weighted by Crippen LogP contribution is 2.29. The number of hydrogen-bond donors (Lipinski definition) is 0. The molecule has 0 N–H and O–H groups in total. The van der Waals surface area contributed by atoms with Gasteiger partial charge < -0.3 is 9.80 Å². The number of carbonyl (C=O) groups excluding carboxylic acids is 2. The maximum atomic E-state index is 13.1. The van der Waals surface area contributed by atoms with Crippen LogP contribution in [0.3, 0.4) is 0 Å². The van der Waals surface area contributed by atoms with Gasteiger partial charge in [0.25, 0.3) is 0 Å². The zero-order chi connectivity index (χ0) is 27.7. The number of Topliss-reactive ketones (excluding diaryl/α,β-unsaturated/α-hetero) is 1. The second-order valence-corrected chi connectivity index (χ2v) is 9.97. The van der Waals surface area contributed by atoms with Crippen LogP contribution in [0.1, 0.15) is 57.7 Å². The normalized spacial score (nSPS) is 16.0. The van der Waals surface area contributed by atoms with Gasteiger partial charge in [-0.3, -0.25) is 9.78 Å². The lowest BCUT2D eigenvalue weighted by Crippen LogP contribution is -2.43. The molecule has 11 heteroatoms. The van der Waals surface area contributed by atoms with Crippen molar-refractivity contribution >= 4 is 17.4 Å². The Morgan fingerprint density at radius 3 is 2.36 bits per heavy atom. The Labute approximate surface area is 224 Å². The van der Waals surface area contributed by atoms with Crippen LogP contribution in [0.5, 0.6) is 0 Å². The van der Waals surface area contributed by atoms with Crippen LogP contribution in [0.15, 0.2) is 42.9 Å². The largest absolute Gasteiger partial charge is 0.417 e. The first-order valence-corrected chi connectivity index (χ1v) is 12.9.